The van der Waals surface area contributed by atoms with Crippen molar-refractivity contribution in [3.05, 3.63) is 11.6 Å². The summed E-state index contributed by atoms with van der Waals surface area (Å²) in [6, 6.07) is 0. The van der Waals surface area contributed by atoms with Crippen molar-refractivity contribution in [2.75, 3.05) is 19.6 Å². The van der Waals surface area contributed by atoms with Crippen molar-refractivity contribution in [1.29, 1.82) is 0 Å². The van der Waals surface area contributed by atoms with E-state index < -0.39 is 0 Å². The van der Waals surface area contributed by atoms with Crippen molar-refractivity contribution in [2.45, 2.75) is 27.2 Å². The molecule has 1 heterocycles. The highest BCUT2D eigenvalue weighted by Gasteiger charge is 2.09. The highest BCUT2D eigenvalue weighted by molar-refractivity contribution is 5.03. The minimum atomic E-state index is 0.807. The molecule has 0 aliphatic carbocycles. The molecule has 0 aromatic carbocycles. The van der Waals surface area contributed by atoms with Crippen LogP contribution in [0.25, 0.3) is 0 Å². The lowest BCUT2D eigenvalue weighted by molar-refractivity contribution is 0.261. The Morgan fingerprint density at radius 1 is 1.55 bits per heavy atom. The molecule has 0 atom stereocenters. The van der Waals surface area contributed by atoms with Crippen LogP contribution in [0.1, 0.15) is 27.2 Å². The highest BCUT2D eigenvalue weighted by atomic mass is 15.1. The molecule has 0 fully saturated rings. The fourth-order valence-electron chi connectivity index (χ4n) is 1.49. The second-order valence-corrected chi connectivity index (χ2v) is 3.95. The zero-order valence-electron chi connectivity index (χ0n) is 7.93. The van der Waals surface area contributed by atoms with Crippen LogP contribution in [-0.2, 0) is 0 Å². The molecular formula is C10H19N. The number of hydrogen-bond acceptors (Lipinski definition) is 1. The molecule has 0 amide bonds. The van der Waals surface area contributed by atoms with E-state index in [0.29, 0.717) is 0 Å². The van der Waals surface area contributed by atoms with Gasteiger partial charge in [-0.15, -0.1) is 0 Å². The van der Waals surface area contributed by atoms with Gasteiger partial charge in [0.25, 0.3) is 0 Å². The standard InChI is InChI=1S/C10H19N/c1-9(2)8-11-6-4-10(3)5-7-11/h4,9H,5-8H2,1-3H3. The molecule has 1 heteroatoms. The maximum absolute atomic E-state index is 2.53. The summed E-state index contributed by atoms with van der Waals surface area (Å²) in [5.41, 5.74) is 1.56. The Kier molecular flexibility index (Phi) is 3.13. The van der Waals surface area contributed by atoms with E-state index in [1.807, 2.05) is 0 Å². The van der Waals surface area contributed by atoms with E-state index in [1.165, 1.54) is 26.1 Å². The van der Waals surface area contributed by atoms with Gasteiger partial charge in [0.15, 0.2) is 0 Å². The van der Waals surface area contributed by atoms with Gasteiger partial charge in [0.05, 0.1) is 0 Å². The lowest BCUT2D eigenvalue weighted by Gasteiger charge is -2.26. The number of hydrogen-bond donors (Lipinski definition) is 0. The third-order valence-electron chi connectivity index (χ3n) is 2.14. The predicted octanol–water partition coefficient (Wildman–Crippen LogP) is 2.29. The minimum absolute atomic E-state index is 0.807. The molecular weight excluding hydrogens is 134 g/mol. The van der Waals surface area contributed by atoms with Crippen LogP contribution in [0, 0.1) is 5.92 Å². The first-order chi connectivity index (χ1) is 5.18. The molecule has 0 saturated heterocycles. The van der Waals surface area contributed by atoms with Crippen molar-refractivity contribution in [2.24, 2.45) is 5.92 Å². The molecule has 1 rings (SSSR count). The fourth-order valence-corrected chi connectivity index (χ4v) is 1.49. The van der Waals surface area contributed by atoms with Crippen molar-refractivity contribution in [1.82, 2.24) is 4.90 Å². The molecule has 0 radical (unpaired) electrons. The molecule has 0 unspecified atom stereocenters. The first-order valence-corrected chi connectivity index (χ1v) is 4.56. The Balaban J connectivity index is 2.29. The molecule has 0 aromatic rings. The smallest absolute Gasteiger partial charge is 0.0165 e. The number of rotatable bonds is 2. The normalized spacial score (nSPS) is 20.5. The van der Waals surface area contributed by atoms with Gasteiger partial charge in [-0.05, 0) is 19.3 Å². The predicted molar refractivity (Wildman–Crippen MR) is 49.7 cm³/mol. The van der Waals surface area contributed by atoms with Gasteiger partial charge in [-0.1, -0.05) is 25.5 Å². The van der Waals surface area contributed by atoms with Crippen molar-refractivity contribution >= 4 is 0 Å². The molecule has 0 spiro atoms. The van der Waals surface area contributed by atoms with E-state index in [4.69, 9.17) is 0 Å². The highest BCUT2D eigenvalue weighted by Crippen LogP contribution is 2.10. The van der Waals surface area contributed by atoms with E-state index >= 15 is 0 Å². The van der Waals surface area contributed by atoms with Crippen LogP contribution in [0.3, 0.4) is 0 Å². The first kappa shape index (κ1) is 8.79. The SMILES string of the molecule is CC1=CCN(CC(C)C)CC1. The third kappa shape index (κ3) is 3.06. The van der Waals surface area contributed by atoms with Crippen molar-refractivity contribution < 1.29 is 0 Å². The van der Waals surface area contributed by atoms with Crippen LogP contribution in [0.5, 0.6) is 0 Å². The summed E-state index contributed by atoms with van der Waals surface area (Å²) in [7, 11) is 0. The van der Waals surface area contributed by atoms with E-state index in [9.17, 15) is 0 Å². The summed E-state index contributed by atoms with van der Waals surface area (Å²) >= 11 is 0. The quantitative estimate of drug-likeness (QED) is 0.550. The van der Waals surface area contributed by atoms with Gasteiger partial charge in [-0.2, -0.15) is 0 Å². The molecule has 11 heavy (non-hydrogen) atoms. The van der Waals surface area contributed by atoms with Gasteiger partial charge in [0.1, 0.15) is 0 Å². The summed E-state index contributed by atoms with van der Waals surface area (Å²) in [6.45, 7) is 10.5. The molecule has 0 N–H and O–H groups in total. The van der Waals surface area contributed by atoms with Crippen molar-refractivity contribution in [3.8, 4) is 0 Å². The average molecular weight is 153 g/mol. The Morgan fingerprint density at radius 3 is 2.73 bits per heavy atom. The summed E-state index contributed by atoms with van der Waals surface area (Å²) in [6.07, 6.45) is 3.62. The number of nitrogens with zero attached hydrogens (tertiary/aromatic N) is 1. The van der Waals surface area contributed by atoms with E-state index in [0.717, 1.165) is 5.92 Å². The van der Waals surface area contributed by atoms with Crippen LogP contribution in [0.4, 0.5) is 0 Å². The molecule has 1 nitrogen and oxygen atoms in total. The van der Waals surface area contributed by atoms with Gasteiger partial charge >= 0.3 is 0 Å². The molecule has 0 aromatic heterocycles. The van der Waals surface area contributed by atoms with Crippen molar-refractivity contribution in [3.63, 3.8) is 0 Å². The van der Waals surface area contributed by atoms with E-state index in [-0.39, 0.29) is 0 Å². The summed E-state index contributed by atoms with van der Waals surface area (Å²) in [5, 5.41) is 0. The van der Waals surface area contributed by atoms with Crippen LogP contribution < -0.4 is 0 Å². The summed E-state index contributed by atoms with van der Waals surface area (Å²) in [5.74, 6) is 0.807. The Morgan fingerprint density at radius 2 is 2.27 bits per heavy atom. The zero-order chi connectivity index (χ0) is 8.27. The Labute approximate surface area is 70.1 Å². The van der Waals surface area contributed by atoms with E-state index in [1.54, 1.807) is 5.57 Å². The maximum atomic E-state index is 2.53. The monoisotopic (exact) mass is 153 g/mol. The maximum Gasteiger partial charge on any atom is 0.0165 e. The van der Waals surface area contributed by atoms with Crippen LogP contribution in [-0.4, -0.2) is 24.5 Å². The van der Waals surface area contributed by atoms with Crippen LogP contribution >= 0.6 is 0 Å². The summed E-state index contributed by atoms with van der Waals surface area (Å²) < 4.78 is 0. The van der Waals surface area contributed by atoms with Gasteiger partial charge < -0.3 is 0 Å². The van der Waals surface area contributed by atoms with Gasteiger partial charge in [-0.25, -0.2) is 0 Å². The first-order valence-electron chi connectivity index (χ1n) is 4.56. The average Bonchev–Trinajstić information content (AvgIpc) is 1.93. The van der Waals surface area contributed by atoms with Gasteiger partial charge in [-0.3, -0.25) is 4.90 Å². The van der Waals surface area contributed by atoms with Gasteiger partial charge in [0.2, 0.25) is 0 Å². The molecule has 0 bridgehead atoms. The molecule has 0 saturated carbocycles. The fraction of sp³-hybridized carbons (Fsp3) is 0.800. The second kappa shape index (κ2) is 3.91. The van der Waals surface area contributed by atoms with Crippen LogP contribution in [0.2, 0.25) is 0 Å². The largest absolute Gasteiger partial charge is 0.299 e. The zero-order valence-corrected chi connectivity index (χ0v) is 7.93. The third-order valence-corrected chi connectivity index (χ3v) is 2.14. The van der Waals surface area contributed by atoms with Crippen LogP contribution in [0.15, 0.2) is 11.6 Å². The minimum Gasteiger partial charge on any atom is -0.299 e. The van der Waals surface area contributed by atoms with E-state index in [2.05, 4.69) is 31.7 Å². The summed E-state index contributed by atoms with van der Waals surface area (Å²) in [4.78, 5) is 2.53. The molecule has 1 aliphatic heterocycles. The van der Waals surface area contributed by atoms with Gasteiger partial charge in [0, 0.05) is 19.6 Å². The second-order valence-electron chi connectivity index (χ2n) is 3.95. The topological polar surface area (TPSA) is 3.24 Å². The Hall–Kier alpha value is -0.300. The molecule has 1 aliphatic rings. The lowest BCUT2D eigenvalue weighted by Crippen LogP contribution is -2.31. The Bertz CT molecular complexity index is 147. The molecule has 64 valence electrons. The lowest BCUT2D eigenvalue weighted by atomic mass is 10.1.